The molecule has 0 aliphatic carbocycles. The number of hydrogen-bond acceptors (Lipinski definition) is 5. The summed E-state index contributed by atoms with van der Waals surface area (Å²) >= 11 is 0. The van der Waals surface area contributed by atoms with E-state index in [2.05, 4.69) is 15.5 Å². The summed E-state index contributed by atoms with van der Waals surface area (Å²) in [5.41, 5.74) is 7.40. The molecule has 136 valence electrons. The molecule has 0 atom stereocenters. The van der Waals surface area contributed by atoms with Gasteiger partial charge in [0.15, 0.2) is 0 Å². The van der Waals surface area contributed by atoms with Crippen LogP contribution in [-0.4, -0.2) is 49.5 Å². The number of nitrogens with one attached hydrogen (secondary N) is 2. The summed E-state index contributed by atoms with van der Waals surface area (Å²) in [4.78, 5) is 12.1. The van der Waals surface area contributed by atoms with Crippen molar-refractivity contribution in [2.45, 2.75) is 0 Å². The molecule has 26 heavy (non-hydrogen) atoms. The van der Waals surface area contributed by atoms with Crippen LogP contribution >= 0.6 is 0 Å². The molecule has 0 unspecified atom stereocenters. The lowest BCUT2D eigenvalue weighted by molar-refractivity contribution is 0.0915. The number of ether oxygens (including phenoxy) is 2. The molecule has 0 aliphatic rings. The molecule has 0 aliphatic heterocycles. The Hall–Kier alpha value is -2.90. The lowest BCUT2D eigenvalue weighted by Crippen LogP contribution is -2.28. The fourth-order valence-electron chi connectivity index (χ4n) is 2.61. The van der Waals surface area contributed by atoms with Crippen molar-refractivity contribution in [2.75, 3.05) is 33.4 Å². The lowest BCUT2D eigenvalue weighted by atomic mass is 10.0. The number of carbonyl (C=O) groups excluding carboxylic acids is 1. The second-order valence-electron chi connectivity index (χ2n) is 5.75. The van der Waals surface area contributed by atoms with Gasteiger partial charge in [-0.25, -0.2) is 0 Å². The molecular weight excluding hydrogens is 332 g/mol. The van der Waals surface area contributed by atoms with Gasteiger partial charge in [0.25, 0.3) is 5.91 Å². The van der Waals surface area contributed by atoms with Gasteiger partial charge >= 0.3 is 0 Å². The maximum atomic E-state index is 12.1. The van der Waals surface area contributed by atoms with E-state index in [9.17, 15) is 4.79 Å². The Balaban J connectivity index is 1.69. The number of H-pyrrole nitrogens is 1. The highest BCUT2D eigenvalue weighted by atomic mass is 16.5. The molecule has 4 N–H and O–H groups in total. The third-order valence-electron chi connectivity index (χ3n) is 3.96. The van der Waals surface area contributed by atoms with Gasteiger partial charge in [0.2, 0.25) is 0 Å². The normalized spacial score (nSPS) is 10.8. The monoisotopic (exact) mass is 354 g/mol. The van der Waals surface area contributed by atoms with Crippen LogP contribution in [0.4, 0.5) is 0 Å². The first-order valence-corrected chi connectivity index (χ1v) is 8.41. The zero-order chi connectivity index (χ0) is 18.4. The number of amides is 1. The average Bonchev–Trinajstić information content (AvgIpc) is 3.17. The Bertz CT molecular complexity index is 891. The molecule has 7 nitrogen and oxygen atoms in total. The number of nitrogens with zero attached hydrogens (tertiary/aromatic N) is 1. The summed E-state index contributed by atoms with van der Waals surface area (Å²) in [5, 5.41) is 12.0. The van der Waals surface area contributed by atoms with Gasteiger partial charge in [-0.2, -0.15) is 5.10 Å². The second-order valence-corrected chi connectivity index (χ2v) is 5.75. The van der Waals surface area contributed by atoms with E-state index in [4.69, 9.17) is 15.2 Å². The van der Waals surface area contributed by atoms with Crippen molar-refractivity contribution in [1.82, 2.24) is 15.5 Å². The Morgan fingerprint density at radius 2 is 1.96 bits per heavy atom. The van der Waals surface area contributed by atoms with Crippen molar-refractivity contribution in [3.8, 4) is 17.0 Å². The highest BCUT2D eigenvalue weighted by Gasteiger charge is 2.11. The van der Waals surface area contributed by atoms with Crippen LogP contribution in [0.3, 0.4) is 0 Å². The van der Waals surface area contributed by atoms with Crippen LogP contribution in [0.25, 0.3) is 22.0 Å². The van der Waals surface area contributed by atoms with Gasteiger partial charge in [0.05, 0.1) is 26.0 Å². The van der Waals surface area contributed by atoms with E-state index in [0.29, 0.717) is 37.7 Å². The molecule has 0 saturated carbocycles. The molecule has 0 spiro atoms. The van der Waals surface area contributed by atoms with Gasteiger partial charge in [-0.05, 0) is 35.0 Å². The Morgan fingerprint density at radius 3 is 2.77 bits per heavy atom. The summed E-state index contributed by atoms with van der Waals surface area (Å²) in [6.07, 6.45) is 0. The minimum atomic E-state index is -0.217. The van der Waals surface area contributed by atoms with Gasteiger partial charge in [-0.3, -0.25) is 9.89 Å². The smallest absolute Gasteiger partial charge is 0.269 e. The SMILES string of the molecule is COc1ccc2cc(-c3cc(C(=O)NCCOCCN)[nH]n3)ccc2c1. The van der Waals surface area contributed by atoms with E-state index < -0.39 is 0 Å². The van der Waals surface area contributed by atoms with Gasteiger partial charge in [-0.1, -0.05) is 18.2 Å². The van der Waals surface area contributed by atoms with Gasteiger partial charge < -0.3 is 20.5 Å². The van der Waals surface area contributed by atoms with Crippen molar-refractivity contribution >= 4 is 16.7 Å². The number of rotatable bonds is 8. The highest BCUT2D eigenvalue weighted by Crippen LogP contribution is 2.26. The van der Waals surface area contributed by atoms with Gasteiger partial charge in [0, 0.05) is 18.7 Å². The van der Waals surface area contributed by atoms with Crippen molar-refractivity contribution in [3.63, 3.8) is 0 Å². The van der Waals surface area contributed by atoms with Crippen LogP contribution in [0.2, 0.25) is 0 Å². The average molecular weight is 354 g/mol. The van der Waals surface area contributed by atoms with Crippen molar-refractivity contribution in [1.29, 1.82) is 0 Å². The van der Waals surface area contributed by atoms with Crippen LogP contribution in [0, 0.1) is 0 Å². The Morgan fingerprint density at radius 1 is 1.15 bits per heavy atom. The second kappa shape index (κ2) is 8.46. The molecule has 7 heteroatoms. The number of benzene rings is 2. The third kappa shape index (κ3) is 4.19. The number of carbonyl (C=O) groups is 1. The molecule has 0 fully saturated rings. The number of methoxy groups -OCH3 is 1. The van der Waals surface area contributed by atoms with E-state index in [1.54, 1.807) is 13.2 Å². The Kier molecular flexibility index (Phi) is 5.83. The van der Waals surface area contributed by atoms with Gasteiger partial charge in [0.1, 0.15) is 11.4 Å². The standard InChI is InChI=1S/C19H22N4O3/c1-25-16-5-4-13-10-15(3-2-14(13)11-16)17-12-18(23-22-17)19(24)21-7-9-26-8-6-20/h2-5,10-12H,6-9,20H2,1H3,(H,21,24)(H,22,23). The third-order valence-corrected chi connectivity index (χ3v) is 3.96. The summed E-state index contributed by atoms with van der Waals surface area (Å²) in [6, 6.07) is 13.7. The molecule has 1 heterocycles. The fourth-order valence-corrected chi connectivity index (χ4v) is 2.61. The topological polar surface area (TPSA) is 102 Å². The summed E-state index contributed by atoms with van der Waals surface area (Å²) in [7, 11) is 1.65. The number of fused-ring (bicyclic) bond motifs is 1. The molecular formula is C19H22N4O3. The first kappa shape index (κ1) is 17.9. The molecule has 3 rings (SSSR count). The minimum absolute atomic E-state index is 0.217. The lowest BCUT2D eigenvalue weighted by Gasteiger charge is -2.04. The van der Waals surface area contributed by atoms with Crippen LogP contribution in [0.5, 0.6) is 5.75 Å². The predicted molar refractivity (Wildman–Crippen MR) is 100 cm³/mol. The number of aromatic nitrogens is 2. The number of aromatic amines is 1. The van der Waals surface area contributed by atoms with E-state index in [0.717, 1.165) is 22.1 Å². The quantitative estimate of drug-likeness (QED) is 0.537. The van der Waals surface area contributed by atoms with Crippen molar-refractivity contribution < 1.29 is 14.3 Å². The number of nitrogens with two attached hydrogens (primary N) is 1. The van der Waals surface area contributed by atoms with Crippen molar-refractivity contribution in [2.24, 2.45) is 5.73 Å². The van der Waals surface area contributed by atoms with E-state index >= 15 is 0 Å². The summed E-state index contributed by atoms with van der Waals surface area (Å²) in [6.45, 7) is 1.80. The zero-order valence-corrected chi connectivity index (χ0v) is 14.6. The molecule has 1 amide bonds. The van der Waals surface area contributed by atoms with E-state index in [1.807, 2.05) is 36.4 Å². The van der Waals surface area contributed by atoms with Crippen molar-refractivity contribution in [3.05, 3.63) is 48.2 Å². The first-order chi connectivity index (χ1) is 12.7. The summed E-state index contributed by atoms with van der Waals surface area (Å²) < 4.78 is 10.5. The summed E-state index contributed by atoms with van der Waals surface area (Å²) in [5.74, 6) is 0.602. The van der Waals surface area contributed by atoms with E-state index in [-0.39, 0.29) is 5.91 Å². The zero-order valence-electron chi connectivity index (χ0n) is 14.6. The largest absolute Gasteiger partial charge is 0.497 e. The Labute approximate surface area is 151 Å². The maximum absolute atomic E-state index is 12.1. The molecule has 3 aromatic rings. The molecule has 0 bridgehead atoms. The number of hydrogen-bond donors (Lipinski definition) is 3. The van der Waals surface area contributed by atoms with Crippen LogP contribution in [0.15, 0.2) is 42.5 Å². The van der Waals surface area contributed by atoms with Crippen LogP contribution < -0.4 is 15.8 Å². The first-order valence-electron chi connectivity index (χ1n) is 8.41. The predicted octanol–water partition coefficient (Wildman–Crippen LogP) is 1.94. The molecule has 2 aromatic carbocycles. The minimum Gasteiger partial charge on any atom is -0.497 e. The van der Waals surface area contributed by atoms with Gasteiger partial charge in [-0.15, -0.1) is 0 Å². The van der Waals surface area contributed by atoms with E-state index in [1.165, 1.54) is 0 Å². The van der Waals surface area contributed by atoms with Crippen LogP contribution in [0.1, 0.15) is 10.5 Å². The molecule has 1 aromatic heterocycles. The maximum Gasteiger partial charge on any atom is 0.269 e. The fraction of sp³-hybridized carbons (Fsp3) is 0.263. The highest BCUT2D eigenvalue weighted by molar-refractivity contribution is 5.94. The molecule has 0 saturated heterocycles. The molecule has 0 radical (unpaired) electrons. The van der Waals surface area contributed by atoms with Crippen LogP contribution in [-0.2, 0) is 4.74 Å².